The second-order valence-corrected chi connectivity index (χ2v) is 6.45. The third-order valence-corrected chi connectivity index (χ3v) is 4.60. The lowest BCUT2D eigenvalue weighted by molar-refractivity contribution is 0.0705. The minimum Gasteiger partial charge on any atom is -0.467 e. The highest BCUT2D eigenvalue weighted by Crippen LogP contribution is 2.25. The smallest absolute Gasteiger partial charge is 0.256 e. The molecule has 0 fully saturated rings. The fraction of sp³-hybridized carbons (Fsp3) is 0.167. The summed E-state index contributed by atoms with van der Waals surface area (Å²) in [6.45, 7) is 0.679. The molecule has 3 aromatic rings. The number of amides is 1. The standard InChI is InChI=1S/C18H16ClNO3S/c1-24-15-6-7-17(19)16(10-15)18(21)20(11-13-4-2-8-22-13)12-14-5-3-9-23-14/h2-10H,11-12H2,1H3. The predicted octanol–water partition coefficient (Wildman–Crippen LogP) is 5.09. The predicted molar refractivity (Wildman–Crippen MR) is 94.2 cm³/mol. The first-order chi connectivity index (χ1) is 11.7. The van der Waals surface area contributed by atoms with Crippen molar-refractivity contribution in [2.45, 2.75) is 18.0 Å². The molecule has 0 saturated heterocycles. The van der Waals surface area contributed by atoms with E-state index in [0.29, 0.717) is 35.2 Å². The maximum Gasteiger partial charge on any atom is 0.256 e. The summed E-state index contributed by atoms with van der Waals surface area (Å²) in [6, 6.07) is 12.7. The summed E-state index contributed by atoms with van der Waals surface area (Å²) < 4.78 is 10.8. The van der Waals surface area contributed by atoms with Gasteiger partial charge in [0.15, 0.2) is 0 Å². The quantitative estimate of drug-likeness (QED) is 0.574. The van der Waals surface area contributed by atoms with Crippen molar-refractivity contribution in [3.63, 3.8) is 0 Å². The number of furan rings is 2. The molecule has 0 bridgehead atoms. The number of benzene rings is 1. The largest absolute Gasteiger partial charge is 0.467 e. The molecule has 2 heterocycles. The number of carbonyl (C=O) groups excluding carboxylic acids is 1. The van der Waals surface area contributed by atoms with Gasteiger partial charge in [0.25, 0.3) is 5.91 Å². The molecule has 0 aliphatic carbocycles. The number of thioether (sulfide) groups is 1. The van der Waals surface area contributed by atoms with E-state index in [-0.39, 0.29) is 5.91 Å². The van der Waals surface area contributed by atoms with Gasteiger partial charge in [0.2, 0.25) is 0 Å². The fourth-order valence-corrected chi connectivity index (χ4v) is 2.98. The van der Waals surface area contributed by atoms with Crippen LogP contribution in [0, 0.1) is 0 Å². The molecule has 6 heteroatoms. The molecule has 0 aliphatic rings. The average molecular weight is 362 g/mol. The zero-order valence-corrected chi connectivity index (χ0v) is 14.6. The second-order valence-electron chi connectivity index (χ2n) is 5.17. The molecule has 1 aromatic carbocycles. The van der Waals surface area contributed by atoms with Gasteiger partial charge in [0.1, 0.15) is 11.5 Å². The van der Waals surface area contributed by atoms with Gasteiger partial charge in [-0.2, -0.15) is 0 Å². The number of nitrogens with zero attached hydrogens (tertiary/aromatic N) is 1. The number of rotatable bonds is 6. The zero-order chi connectivity index (χ0) is 16.9. The van der Waals surface area contributed by atoms with Crippen molar-refractivity contribution >= 4 is 29.3 Å². The van der Waals surface area contributed by atoms with Crippen LogP contribution in [-0.2, 0) is 13.1 Å². The third kappa shape index (κ3) is 3.86. The van der Waals surface area contributed by atoms with Gasteiger partial charge in [-0.3, -0.25) is 4.79 Å². The van der Waals surface area contributed by atoms with Crippen molar-refractivity contribution in [1.29, 1.82) is 0 Å². The highest BCUT2D eigenvalue weighted by Gasteiger charge is 2.21. The van der Waals surface area contributed by atoms with Gasteiger partial charge in [-0.25, -0.2) is 0 Å². The molecule has 0 unspecified atom stereocenters. The molecular formula is C18H16ClNO3S. The molecule has 0 atom stereocenters. The van der Waals surface area contributed by atoms with Gasteiger partial charge in [0.05, 0.1) is 36.2 Å². The summed E-state index contributed by atoms with van der Waals surface area (Å²) >= 11 is 7.82. The van der Waals surface area contributed by atoms with Crippen LogP contribution >= 0.6 is 23.4 Å². The van der Waals surface area contributed by atoms with Crippen LogP contribution in [0.3, 0.4) is 0 Å². The van der Waals surface area contributed by atoms with Crippen LogP contribution in [0.2, 0.25) is 5.02 Å². The molecule has 0 spiro atoms. The van der Waals surface area contributed by atoms with Crippen LogP contribution in [0.15, 0.2) is 68.7 Å². The molecule has 4 nitrogen and oxygen atoms in total. The molecule has 1 amide bonds. The fourth-order valence-electron chi connectivity index (χ4n) is 2.35. The van der Waals surface area contributed by atoms with E-state index in [1.165, 1.54) is 0 Å². The van der Waals surface area contributed by atoms with E-state index in [9.17, 15) is 4.79 Å². The lowest BCUT2D eigenvalue weighted by atomic mass is 10.2. The Labute approximate surface area is 149 Å². The minimum absolute atomic E-state index is 0.163. The van der Waals surface area contributed by atoms with E-state index in [4.69, 9.17) is 20.4 Å². The van der Waals surface area contributed by atoms with Crippen molar-refractivity contribution in [1.82, 2.24) is 4.90 Å². The summed E-state index contributed by atoms with van der Waals surface area (Å²) in [5, 5.41) is 0.432. The number of hydrogen-bond donors (Lipinski definition) is 0. The van der Waals surface area contributed by atoms with E-state index in [1.54, 1.807) is 47.4 Å². The summed E-state index contributed by atoms with van der Waals surface area (Å²) in [4.78, 5) is 15.7. The van der Waals surface area contributed by atoms with Crippen molar-refractivity contribution in [3.05, 3.63) is 77.1 Å². The Hall–Kier alpha value is -2.11. The number of halogens is 1. The van der Waals surface area contributed by atoms with Crippen LogP contribution in [0.1, 0.15) is 21.9 Å². The van der Waals surface area contributed by atoms with Gasteiger partial charge in [0, 0.05) is 4.90 Å². The molecule has 0 radical (unpaired) electrons. The molecule has 3 rings (SSSR count). The summed E-state index contributed by atoms with van der Waals surface area (Å²) in [7, 11) is 0. The third-order valence-electron chi connectivity index (χ3n) is 3.54. The highest BCUT2D eigenvalue weighted by atomic mass is 35.5. The monoisotopic (exact) mass is 361 g/mol. The summed E-state index contributed by atoms with van der Waals surface area (Å²) in [6.07, 6.45) is 5.14. The van der Waals surface area contributed by atoms with Gasteiger partial charge < -0.3 is 13.7 Å². The topological polar surface area (TPSA) is 46.6 Å². The summed E-state index contributed by atoms with van der Waals surface area (Å²) in [5.41, 5.74) is 0.474. The summed E-state index contributed by atoms with van der Waals surface area (Å²) in [5.74, 6) is 1.24. The molecule has 0 aliphatic heterocycles. The Morgan fingerprint density at radius 3 is 2.21 bits per heavy atom. The van der Waals surface area contributed by atoms with Gasteiger partial charge in [-0.1, -0.05) is 11.6 Å². The first-order valence-corrected chi connectivity index (χ1v) is 8.95. The lowest BCUT2D eigenvalue weighted by Gasteiger charge is -2.21. The molecular weight excluding hydrogens is 346 g/mol. The van der Waals surface area contributed by atoms with Crippen molar-refractivity contribution < 1.29 is 13.6 Å². The van der Waals surface area contributed by atoms with E-state index >= 15 is 0 Å². The Morgan fingerprint density at radius 2 is 1.71 bits per heavy atom. The number of hydrogen-bond acceptors (Lipinski definition) is 4. The first-order valence-electron chi connectivity index (χ1n) is 7.35. The maximum absolute atomic E-state index is 13.0. The van der Waals surface area contributed by atoms with E-state index in [2.05, 4.69) is 0 Å². The Bertz CT molecular complexity index is 764. The van der Waals surface area contributed by atoms with Gasteiger partial charge >= 0.3 is 0 Å². The molecule has 0 saturated carbocycles. The van der Waals surface area contributed by atoms with E-state index in [1.807, 2.05) is 30.5 Å². The SMILES string of the molecule is CSc1ccc(Cl)c(C(=O)N(Cc2ccco2)Cc2ccco2)c1. The van der Waals surface area contributed by atoms with E-state index in [0.717, 1.165) is 4.90 Å². The molecule has 2 aromatic heterocycles. The first kappa shape index (κ1) is 16.7. The van der Waals surface area contributed by atoms with Crippen LogP contribution in [0.4, 0.5) is 0 Å². The van der Waals surface area contributed by atoms with Gasteiger partial charge in [-0.15, -0.1) is 11.8 Å². The minimum atomic E-state index is -0.163. The average Bonchev–Trinajstić information content (AvgIpc) is 3.28. The highest BCUT2D eigenvalue weighted by molar-refractivity contribution is 7.98. The Morgan fingerprint density at radius 1 is 1.08 bits per heavy atom. The van der Waals surface area contributed by atoms with Crippen molar-refractivity contribution in [2.75, 3.05) is 6.26 Å². The molecule has 24 heavy (non-hydrogen) atoms. The van der Waals surface area contributed by atoms with Gasteiger partial charge in [-0.05, 0) is 48.7 Å². The lowest BCUT2D eigenvalue weighted by Crippen LogP contribution is -2.30. The van der Waals surface area contributed by atoms with E-state index < -0.39 is 0 Å². The molecule has 124 valence electrons. The normalized spacial score (nSPS) is 10.8. The van der Waals surface area contributed by atoms with Crippen LogP contribution in [-0.4, -0.2) is 17.1 Å². The molecule has 0 N–H and O–H groups in total. The maximum atomic E-state index is 13.0. The zero-order valence-electron chi connectivity index (χ0n) is 13.1. The second kappa shape index (κ2) is 7.64. The van der Waals surface area contributed by atoms with Crippen molar-refractivity contribution in [3.8, 4) is 0 Å². The van der Waals surface area contributed by atoms with Crippen molar-refractivity contribution in [2.24, 2.45) is 0 Å². The van der Waals surface area contributed by atoms with Crippen LogP contribution in [0.25, 0.3) is 0 Å². The Kier molecular flexibility index (Phi) is 5.33. The Balaban J connectivity index is 1.90. The number of carbonyl (C=O) groups is 1. The van der Waals surface area contributed by atoms with Crippen LogP contribution in [0.5, 0.6) is 0 Å². The van der Waals surface area contributed by atoms with Crippen LogP contribution < -0.4 is 0 Å².